The van der Waals surface area contributed by atoms with Gasteiger partial charge in [0.1, 0.15) is 5.75 Å². The smallest absolute Gasteiger partial charge is 0.170 e. The van der Waals surface area contributed by atoms with E-state index in [1.54, 1.807) is 7.11 Å². The average Bonchev–Trinajstić information content (AvgIpc) is 2.51. The van der Waals surface area contributed by atoms with E-state index in [1.165, 1.54) is 0 Å². The fourth-order valence-corrected chi connectivity index (χ4v) is 2.79. The lowest BCUT2D eigenvalue weighted by Gasteiger charge is -2.13. The van der Waals surface area contributed by atoms with Gasteiger partial charge in [0.2, 0.25) is 0 Å². The van der Waals surface area contributed by atoms with Crippen LogP contribution in [0.5, 0.6) is 5.75 Å². The molecular formula is C16H16Cl2N2OS. The maximum absolute atomic E-state index is 6.14. The second-order valence-electron chi connectivity index (χ2n) is 4.53. The number of hydrogen-bond acceptors (Lipinski definition) is 2. The maximum Gasteiger partial charge on any atom is 0.170 e. The van der Waals surface area contributed by atoms with Gasteiger partial charge in [-0.2, -0.15) is 0 Å². The number of hydrogen-bond donors (Lipinski definition) is 2. The number of anilines is 1. The molecule has 0 heterocycles. The topological polar surface area (TPSA) is 33.3 Å². The molecule has 2 rings (SSSR count). The summed E-state index contributed by atoms with van der Waals surface area (Å²) in [6, 6.07) is 13.1. The second kappa shape index (κ2) is 8.22. The molecule has 0 aliphatic heterocycles. The van der Waals surface area contributed by atoms with Gasteiger partial charge in [-0.3, -0.25) is 0 Å². The van der Waals surface area contributed by atoms with Crippen molar-refractivity contribution in [2.75, 3.05) is 19.0 Å². The number of thiocarbonyl (C=S) groups is 1. The lowest BCUT2D eigenvalue weighted by Crippen LogP contribution is -2.30. The fourth-order valence-electron chi connectivity index (χ4n) is 1.99. The van der Waals surface area contributed by atoms with E-state index in [-0.39, 0.29) is 0 Å². The Hall–Kier alpha value is -1.49. The monoisotopic (exact) mass is 354 g/mol. The van der Waals surface area contributed by atoms with Crippen LogP contribution in [0.1, 0.15) is 5.56 Å². The molecule has 0 spiro atoms. The van der Waals surface area contributed by atoms with Crippen molar-refractivity contribution in [1.82, 2.24) is 5.32 Å². The van der Waals surface area contributed by atoms with Crippen molar-refractivity contribution in [3.63, 3.8) is 0 Å². The van der Waals surface area contributed by atoms with Gasteiger partial charge >= 0.3 is 0 Å². The summed E-state index contributed by atoms with van der Waals surface area (Å²) in [6.45, 7) is 0.629. The molecule has 0 aliphatic carbocycles. The first-order valence-corrected chi connectivity index (χ1v) is 7.89. The number of methoxy groups -OCH3 is 1. The molecule has 0 saturated carbocycles. The summed E-state index contributed by atoms with van der Waals surface area (Å²) in [5, 5.41) is 8.09. The third kappa shape index (κ3) is 4.50. The first-order valence-electron chi connectivity index (χ1n) is 6.72. The largest absolute Gasteiger partial charge is 0.495 e. The predicted octanol–water partition coefficient (Wildman–Crippen LogP) is 4.53. The Morgan fingerprint density at radius 1 is 1.09 bits per heavy atom. The minimum atomic E-state index is 0.521. The molecule has 0 amide bonds. The van der Waals surface area contributed by atoms with Gasteiger partial charge in [-0.25, -0.2) is 0 Å². The van der Waals surface area contributed by atoms with Gasteiger partial charge in [0.15, 0.2) is 5.11 Å². The van der Waals surface area contributed by atoms with Crippen molar-refractivity contribution in [3.8, 4) is 5.75 Å². The number of ether oxygens (including phenoxy) is 1. The highest BCUT2D eigenvalue weighted by molar-refractivity contribution is 7.80. The van der Waals surface area contributed by atoms with E-state index in [0.717, 1.165) is 17.0 Å². The van der Waals surface area contributed by atoms with Gasteiger partial charge in [-0.1, -0.05) is 41.4 Å². The zero-order valence-electron chi connectivity index (χ0n) is 12.0. The minimum absolute atomic E-state index is 0.521. The third-order valence-corrected chi connectivity index (χ3v) is 4.03. The maximum atomic E-state index is 6.14. The van der Waals surface area contributed by atoms with E-state index in [9.17, 15) is 0 Å². The molecular weight excluding hydrogens is 339 g/mol. The summed E-state index contributed by atoms with van der Waals surface area (Å²) in [6.07, 6.45) is 0.687. The Morgan fingerprint density at radius 3 is 2.45 bits per heavy atom. The highest BCUT2D eigenvalue weighted by Gasteiger charge is 2.06. The van der Waals surface area contributed by atoms with E-state index in [1.807, 2.05) is 42.5 Å². The van der Waals surface area contributed by atoms with Crippen LogP contribution in [0.15, 0.2) is 42.5 Å². The van der Waals surface area contributed by atoms with E-state index in [2.05, 4.69) is 10.6 Å². The SMILES string of the molecule is COc1ccccc1NC(=S)NCCc1c(Cl)cccc1Cl. The van der Waals surface area contributed by atoms with Crippen molar-refractivity contribution < 1.29 is 4.74 Å². The van der Waals surface area contributed by atoms with E-state index < -0.39 is 0 Å². The fraction of sp³-hybridized carbons (Fsp3) is 0.188. The molecule has 2 N–H and O–H groups in total. The van der Waals surface area contributed by atoms with Crippen LogP contribution in [0.2, 0.25) is 10.0 Å². The standard InChI is InChI=1S/C16H16Cl2N2OS/c1-21-15-8-3-2-7-14(15)20-16(22)19-10-9-11-12(17)5-4-6-13(11)18/h2-8H,9-10H2,1H3,(H2,19,20,22). The van der Waals surface area contributed by atoms with Crippen LogP contribution in [-0.2, 0) is 6.42 Å². The Morgan fingerprint density at radius 2 is 1.77 bits per heavy atom. The van der Waals surface area contributed by atoms with Gasteiger partial charge in [0.25, 0.3) is 0 Å². The van der Waals surface area contributed by atoms with Gasteiger partial charge < -0.3 is 15.4 Å². The number of para-hydroxylation sites is 2. The number of nitrogens with one attached hydrogen (secondary N) is 2. The summed E-state index contributed by atoms with van der Waals surface area (Å²) in [5.74, 6) is 0.737. The number of halogens is 2. The van der Waals surface area contributed by atoms with Crippen LogP contribution >= 0.6 is 35.4 Å². The van der Waals surface area contributed by atoms with Crippen LogP contribution in [-0.4, -0.2) is 18.8 Å². The lowest BCUT2D eigenvalue weighted by molar-refractivity contribution is 0.417. The van der Waals surface area contributed by atoms with E-state index in [4.69, 9.17) is 40.2 Å². The van der Waals surface area contributed by atoms with Gasteiger partial charge in [0, 0.05) is 16.6 Å². The molecule has 2 aromatic carbocycles. The molecule has 22 heavy (non-hydrogen) atoms. The van der Waals surface area contributed by atoms with Crippen molar-refractivity contribution in [2.24, 2.45) is 0 Å². The average molecular weight is 355 g/mol. The molecule has 0 atom stereocenters. The zero-order valence-corrected chi connectivity index (χ0v) is 14.4. The van der Waals surface area contributed by atoms with Crippen LogP contribution in [0.3, 0.4) is 0 Å². The quantitative estimate of drug-likeness (QED) is 0.772. The highest BCUT2D eigenvalue weighted by Crippen LogP contribution is 2.24. The molecule has 116 valence electrons. The first kappa shape index (κ1) is 16.9. The van der Waals surface area contributed by atoms with Crippen LogP contribution < -0.4 is 15.4 Å². The Labute approximate surface area is 145 Å². The Kier molecular flexibility index (Phi) is 6.31. The summed E-state index contributed by atoms with van der Waals surface area (Å²) in [7, 11) is 1.62. The van der Waals surface area contributed by atoms with Crippen molar-refractivity contribution in [3.05, 3.63) is 58.1 Å². The highest BCUT2D eigenvalue weighted by atomic mass is 35.5. The summed E-state index contributed by atoms with van der Waals surface area (Å²) in [5.41, 5.74) is 1.73. The van der Waals surface area contributed by atoms with Gasteiger partial charge in [-0.05, 0) is 48.5 Å². The number of benzene rings is 2. The third-order valence-electron chi connectivity index (χ3n) is 3.08. The summed E-state index contributed by atoms with van der Waals surface area (Å²) in [4.78, 5) is 0. The van der Waals surface area contributed by atoms with Gasteiger partial charge in [0.05, 0.1) is 12.8 Å². The van der Waals surface area contributed by atoms with Gasteiger partial charge in [-0.15, -0.1) is 0 Å². The second-order valence-corrected chi connectivity index (χ2v) is 5.75. The predicted molar refractivity (Wildman–Crippen MR) is 97.4 cm³/mol. The van der Waals surface area contributed by atoms with E-state index >= 15 is 0 Å². The van der Waals surface area contributed by atoms with Crippen LogP contribution in [0, 0.1) is 0 Å². The summed E-state index contributed by atoms with van der Waals surface area (Å²) >= 11 is 17.6. The van der Waals surface area contributed by atoms with Crippen molar-refractivity contribution >= 4 is 46.2 Å². The minimum Gasteiger partial charge on any atom is -0.495 e. The molecule has 0 aromatic heterocycles. The lowest BCUT2D eigenvalue weighted by atomic mass is 10.1. The number of rotatable bonds is 5. The first-order chi connectivity index (χ1) is 10.6. The zero-order chi connectivity index (χ0) is 15.9. The van der Waals surface area contributed by atoms with Crippen LogP contribution in [0.4, 0.5) is 5.69 Å². The molecule has 0 unspecified atom stereocenters. The molecule has 0 radical (unpaired) electrons. The molecule has 0 saturated heterocycles. The molecule has 0 fully saturated rings. The Bertz CT molecular complexity index is 644. The van der Waals surface area contributed by atoms with Crippen LogP contribution in [0.25, 0.3) is 0 Å². The van der Waals surface area contributed by atoms with E-state index in [0.29, 0.717) is 28.1 Å². The molecule has 3 nitrogen and oxygen atoms in total. The normalized spacial score (nSPS) is 10.1. The molecule has 2 aromatic rings. The summed E-state index contributed by atoms with van der Waals surface area (Å²) < 4.78 is 5.27. The molecule has 0 aliphatic rings. The molecule has 0 bridgehead atoms. The van der Waals surface area contributed by atoms with Crippen molar-refractivity contribution in [1.29, 1.82) is 0 Å². The Balaban J connectivity index is 1.88. The molecule has 6 heteroatoms. The van der Waals surface area contributed by atoms with Crippen molar-refractivity contribution in [2.45, 2.75) is 6.42 Å².